The monoisotopic (exact) mass is 496 g/mol. The molecule has 7 nitrogen and oxygen atoms in total. The number of benzene rings is 3. The Balaban J connectivity index is 1.58. The SMILES string of the molecule is COc1ccc([C@H]2[C@@H](C(=O)c3ccccc3)[C@@]3(O)C(=O)N4CCC[C@@]24C(=O)N3Cc2ccccc2)cc1. The molecule has 188 valence electrons. The zero-order valence-corrected chi connectivity index (χ0v) is 20.5. The van der Waals surface area contributed by atoms with Crippen LogP contribution in [0.4, 0.5) is 0 Å². The topological polar surface area (TPSA) is 87.1 Å². The van der Waals surface area contributed by atoms with Gasteiger partial charge < -0.3 is 14.7 Å². The number of ether oxygens (including phenoxy) is 1. The summed E-state index contributed by atoms with van der Waals surface area (Å²) in [6.45, 7) is 0.399. The lowest BCUT2D eigenvalue weighted by Gasteiger charge is -2.64. The summed E-state index contributed by atoms with van der Waals surface area (Å²) in [5.41, 5.74) is -1.68. The largest absolute Gasteiger partial charge is 0.497 e. The van der Waals surface area contributed by atoms with Crippen LogP contribution in [0.5, 0.6) is 5.75 Å². The molecule has 0 radical (unpaired) electrons. The van der Waals surface area contributed by atoms with Crippen molar-refractivity contribution in [3.05, 3.63) is 102 Å². The molecule has 37 heavy (non-hydrogen) atoms. The van der Waals surface area contributed by atoms with E-state index in [9.17, 15) is 19.5 Å². The van der Waals surface area contributed by atoms with Crippen molar-refractivity contribution in [2.45, 2.75) is 36.6 Å². The van der Waals surface area contributed by atoms with Crippen molar-refractivity contribution in [2.75, 3.05) is 13.7 Å². The summed E-state index contributed by atoms with van der Waals surface area (Å²) in [5, 5.41) is 12.4. The molecule has 2 amide bonds. The van der Waals surface area contributed by atoms with Crippen molar-refractivity contribution >= 4 is 17.6 Å². The maximum atomic E-state index is 14.4. The molecule has 0 aliphatic carbocycles. The molecule has 2 bridgehead atoms. The highest BCUT2D eigenvalue weighted by atomic mass is 16.5. The Hall–Kier alpha value is -3.97. The van der Waals surface area contributed by atoms with Crippen LogP contribution in [0.15, 0.2) is 84.9 Å². The van der Waals surface area contributed by atoms with Gasteiger partial charge in [0.1, 0.15) is 11.3 Å². The first-order valence-corrected chi connectivity index (χ1v) is 12.6. The third-order valence-corrected chi connectivity index (χ3v) is 8.29. The van der Waals surface area contributed by atoms with Gasteiger partial charge in [0.05, 0.1) is 13.0 Å². The molecule has 3 aromatic carbocycles. The normalized spacial score (nSPS) is 28.4. The number of Topliss-reactive ketones (excluding diaryl/α,β-unsaturated/α-hetero) is 1. The summed E-state index contributed by atoms with van der Waals surface area (Å²) in [6.07, 6.45) is 1.04. The molecular weight excluding hydrogens is 468 g/mol. The Morgan fingerprint density at radius 1 is 0.946 bits per heavy atom. The van der Waals surface area contributed by atoms with E-state index in [1.54, 1.807) is 48.4 Å². The van der Waals surface area contributed by atoms with E-state index in [1.807, 2.05) is 48.5 Å². The standard InChI is InChI=1S/C30H28N2O5/c1-37-23-15-13-21(14-16-23)24-25(26(33)22-11-6-3-7-12-22)30(36)28(35)31-18-8-17-29(24,31)27(34)32(30)19-20-9-4-2-5-10-20/h2-7,9-16,24-25,36H,8,17-19H2,1H3/t24-,25-,29-,30+/m0/s1. The van der Waals surface area contributed by atoms with Gasteiger partial charge in [-0.2, -0.15) is 0 Å². The van der Waals surface area contributed by atoms with E-state index < -0.39 is 29.0 Å². The van der Waals surface area contributed by atoms with Crippen molar-refractivity contribution in [3.8, 4) is 5.75 Å². The van der Waals surface area contributed by atoms with Crippen LogP contribution < -0.4 is 4.74 Å². The first kappa shape index (κ1) is 23.4. The number of rotatable bonds is 6. The molecule has 7 rings (SSSR count). The van der Waals surface area contributed by atoms with Gasteiger partial charge in [-0.25, -0.2) is 0 Å². The highest BCUT2D eigenvalue weighted by Crippen LogP contribution is 2.60. The highest BCUT2D eigenvalue weighted by molar-refractivity contribution is 6.11. The zero-order chi connectivity index (χ0) is 25.8. The van der Waals surface area contributed by atoms with Crippen LogP contribution in [-0.4, -0.2) is 57.4 Å². The number of fused-ring (bicyclic) bond motifs is 2. The maximum absolute atomic E-state index is 14.4. The number of ketones is 1. The summed E-state index contributed by atoms with van der Waals surface area (Å²) in [6, 6.07) is 25.2. The second-order valence-corrected chi connectivity index (χ2v) is 10.0. The summed E-state index contributed by atoms with van der Waals surface area (Å²) in [7, 11) is 1.57. The number of aliphatic hydroxyl groups is 1. The molecule has 4 saturated heterocycles. The number of methoxy groups -OCH3 is 1. The second kappa shape index (κ2) is 8.56. The fraction of sp³-hybridized carbons (Fsp3) is 0.300. The average molecular weight is 497 g/mol. The first-order valence-electron chi connectivity index (χ1n) is 12.6. The predicted molar refractivity (Wildman–Crippen MR) is 136 cm³/mol. The Morgan fingerprint density at radius 2 is 1.59 bits per heavy atom. The minimum Gasteiger partial charge on any atom is -0.497 e. The molecule has 0 saturated carbocycles. The van der Waals surface area contributed by atoms with Crippen LogP contribution in [-0.2, 0) is 16.1 Å². The van der Waals surface area contributed by atoms with Gasteiger partial charge >= 0.3 is 0 Å². The fourth-order valence-corrected chi connectivity index (χ4v) is 6.67. The molecule has 4 heterocycles. The second-order valence-electron chi connectivity index (χ2n) is 10.0. The number of hydrogen-bond acceptors (Lipinski definition) is 5. The minimum absolute atomic E-state index is 0.0331. The van der Waals surface area contributed by atoms with Crippen molar-refractivity contribution in [3.63, 3.8) is 0 Å². The molecule has 3 aromatic rings. The summed E-state index contributed by atoms with van der Waals surface area (Å²) in [4.78, 5) is 45.5. The van der Waals surface area contributed by atoms with Crippen LogP contribution in [0.2, 0.25) is 0 Å². The van der Waals surface area contributed by atoms with Crippen LogP contribution in [0.1, 0.15) is 40.2 Å². The molecule has 4 fully saturated rings. The Bertz CT molecular complexity index is 1360. The van der Waals surface area contributed by atoms with Crippen LogP contribution in [0, 0.1) is 5.92 Å². The molecular formula is C30H28N2O5. The lowest BCUT2D eigenvalue weighted by Crippen LogP contribution is -2.85. The van der Waals surface area contributed by atoms with Crippen molar-refractivity contribution in [2.24, 2.45) is 5.92 Å². The molecule has 1 N–H and O–H groups in total. The zero-order valence-electron chi connectivity index (χ0n) is 20.5. The van der Waals surface area contributed by atoms with Gasteiger partial charge in [0.2, 0.25) is 5.72 Å². The van der Waals surface area contributed by atoms with E-state index in [2.05, 4.69) is 0 Å². The Labute approximate surface area is 215 Å². The van der Waals surface area contributed by atoms with E-state index >= 15 is 0 Å². The van der Waals surface area contributed by atoms with Crippen molar-refractivity contribution in [1.82, 2.24) is 9.80 Å². The maximum Gasteiger partial charge on any atom is 0.277 e. The third kappa shape index (κ3) is 3.20. The number of amides is 2. The number of carbonyl (C=O) groups excluding carboxylic acids is 3. The quantitative estimate of drug-likeness (QED) is 0.529. The molecule has 4 aliphatic rings. The number of nitrogens with zero attached hydrogens (tertiary/aromatic N) is 2. The van der Waals surface area contributed by atoms with E-state index in [0.717, 1.165) is 11.1 Å². The van der Waals surface area contributed by atoms with Gasteiger partial charge in [0, 0.05) is 24.6 Å². The molecule has 1 spiro atoms. The number of hydrogen-bond donors (Lipinski definition) is 1. The summed E-state index contributed by atoms with van der Waals surface area (Å²) in [5.74, 6) is -2.48. The Kier molecular flexibility index (Phi) is 5.42. The summed E-state index contributed by atoms with van der Waals surface area (Å²) >= 11 is 0. The van der Waals surface area contributed by atoms with Gasteiger partial charge in [-0.3, -0.25) is 19.3 Å². The van der Waals surface area contributed by atoms with Gasteiger partial charge in [-0.1, -0.05) is 72.8 Å². The van der Waals surface area contributed by atoms with E-state index in [-0.39, 0.29) is 18.2 Å². The molecule has 0 aromatic heterocycles. The highest BCUT2D eigenvalue weighted by Gasteiger charge is 2.78. The number of carbonyl (C=O) groups is 3. The fourth-order valence-electron chi connectivity index (χ4n) is 6.67. The van der Waals surface area contributed by atoms with Gasteiger partial charge in [-0.05, 0) is 36.1 Å². The average Bonchev–Trinajstić information content (AvgIpc) is 3.39. The van der Waals surface area contributed by atoms with Gasteiger partial charge in [-0.15, -0.1) is 0 Å². The first-order chi connectivity index (χ1) is 17.9. The van der Waals surface area contributed by atoms with Crippen molar-refractivity contribution in [1.29, 1.82) is 0 Å². The van der Waals surface area contributed by atoms with E-state index in [4.69, 9.17) is 4.74 Å². The molecule has 7 heteroatoms. The molecule has 4 aliphatic heterocycles. The molecule has 4 atom stereocenters. The van der Waals surface area contributed by atoms with Gasteiger partial charge in [0.15, 0.2) is 5.78 Å². The van der Waals surface area contributed by atoms with Gasteiger partial charge in [0.25, 0.3) is 11.8 Å². The summed E-state index contributed by atoms with van der Waals surface area (Å²) < 4.78 is 5.33. The van der Waals surface area contributed by atoms with Crippen LogP contribution in [0.3, 0.4) is 0 Å². The van der Waals surface area contributed by atoms with Crippen LogP contribution in [0.25, 0.3) is 0 Å². The predicted octanol–water partition coefficient (Wildman–Crippen LogP) is 3.38. The van der Waals surface area contributed by atoms with E-state index in [1.165, 1.54) is 4.90 Å². The van der Waals surface area contributed by atoms with Crippen molar-refractivity contribution < 1.29 is 24.2 Å². The minimum atomic E-state index is -2.32. The molecule has 0 unspecified atom stereocenters. The number of piperidine rings is 2. The number of piperazine rings is 1. The lowest BCUT2D eigenvalue weighted by molar-refractivity contribution is -0.239. The van der Waals surface area contributed by atoms with E-state index in [0.29, 0.717) is 30.7 Å². The van der Waals surface area contributed by atoms with Crippen LogP contribution >= 0.6 is 0 Å². The smallest absolute Gasteiger partial charge is 0.277 e. The third-order valence-electron chi connectivity index (χ3n) is 8.29. The lowest BCUT2D eigenvalue weighted by atomic mass is 9.57. The Morgan fingerprint density at radius 3 is 2.24 bits per heavy atom.